The molecule has 1 aromatic carbocycles. The van der Waals surface area contributed by atoms with Crippen molar-refractivity contribution in [3.63, 3.8) is 0 Å². The van der Waals surface area contributed by atoms with Crippen LogP contribution in [-0.4, -0.2) is 6.61 Å². The molecule has 2 heterocycles. The van der Waals surface area contributed by atoms with Crippen molar-refractivity contribution in [3.05, 3.63) is 58.3 Å². The van der Waals surface area contributed by atoms with Crippen LogP contribution in [0.25, 0.3) is 0 Å². The molecule has 0 saturated heterocycles. The SMILES string of the molecule is CCOc1ccc2c(c1)C1C=CCC1C(c1cccs1)N2. The lowest BCUT2D eigenvalue weighted by molar-refractivity contribution is 0.338. The fraction of sp³-hybridized carbons (Fsp3) is 0.333. The van der Waals surface area contributed by atoms with Crippen LogP contribution < -0.4 is 10.1 Å². The van der Waals surface area contributed by atoms with Crippen LogP contribution in [0.2, 0.25) is 0 Å². The summed E-state index contributed by atoms with van der Waals surface area (Å²) in [6.45, 7) is 2.75. The molecule has 0 radical (unpaired) electrons. The number of allylic oxidation sites excluding steroid dienone is 2. The number of fused-ring (bicyclic) bond motifs is 3. The minimum absolute atomic E-state index is 0.426. The third-order valence-corrected chi connectivity index (χ3v) is 5.45. The van der Waals surface area contributed by atoms with E-state index in [-0.39, 0.29) is 0 Å². The van der Waals surface area contributed by atoms with Gasteiger partial charge < -0.3 is 10.1 Å². The van der Waals surface area contributed by atoms with Crippen LogP contribution in [0, 0.1) is 5.92 Å². The summed E-state index contributed by atoms with van der Waals surface area (Å²) in [6, 6.07) is 11.3. The van der Waals surface area contributed by atoms with Gasteiger partial charge in [0.1, 0.15) is 5.75 Å². The summed E-state index contributed by atoms with van der Waals surface area (Å²) in [5.41, 5.74) is 2.64. The standard InChI is InChI=1S/C18H19NOS/c1-2-20-12-8-9-16-15(11-12)13-5-3-6-14(13)18(19-16)17-7-4-10-21-17/h3-5,7-11,13-14,18-19H,2,6H2,1H3. The van der Waals surface area contributed by atoms with Gasteiger partial charge in [0, 0.05) is 16.5 Å². The molecule has 1 aliphatic carbocycles. The van der Waals surface area contributed by atoms with Crippen molar-refractivity contribution in [3.8, 4) is 5.75 Å². The highest BCUT2D eigenvalue weighted by molar-refractivity contribution is 7.10. The molecule has 0 saturated carbocycles. The zero-order chi connectivity index (χ0) is 14.2. The number of anilines is 1. The Hall–Kier alpha value is -1.74. The predicted octanol–water partition coefficient (Wildman–Crippen LogP) is 4.97. The van der Waals surface area contributed by atoms with E-state index in [1.54, 1.807) is 0 Å². The van der Waals surface area contributed by atoms with Gasteiger partial charge in [0.15, 0.2) is 0 Å². The first-order chi connectivity index (χ1) is 10.4. The Balaban J connectivity index is 1.74. The molecule has 3 unspecified atom stereocenters. The van der Waals surface area contributed by atoms with Crippen molar-refractivity contribution in [2.24, 2.45) is 5.92 Å². The molecule has 21 heavy (non-hydrogen) atoms. The Morgan fingerprint density at radius 3 is 3.10 bits per heavy atom. The summed E-state index contributed by atoms with van der Waals surface area (Å²) in [6.07, 6.45) is 5.86. The molecule has 2 aliphatic rings. The van der Waals surface area contributed by atoms with Gasteiger partial charge in [0.2, 0.25) is 0 Å². The Kier molecular flexibility index (Phi) is 3.23. The van der Waals surface area contributed by atoms with Crippen LogP contribution in [0.15, 0.2) is 47.9 Å². The quantitative estimate of drug-likeness (QED) is 0.807. The molecule has 0 bridgehead atoms. The number of ether oxygens (including phenoxy) is 1. The molecule has 0 fully saturated rings. The van der Waals surface area contributed by atoms with Crippen LogP contribution in [0.4, 0.5) is 5.69 Å². The van der Waals surface area contributed by atoms with Gasteiger partial charge in [-0.2, -0.15) is 0 Å². The van der Waals surface area contributed by atoms with Crippen LogP contribution in [-0.2, 0) is 0 Å². The van der Waals surface area contributed by atoms with Gasteiger partial charge in [-0.15, -0.1) is 11.3 Å². The molecule has 2 aromatic rings. The molecule has 1 aromatic heterocycles. The average Bonchev–Trinajstić information content (AvgIpc) is 3.18. The van der Waals surface area contributed by atoms with E-state index in [2.05, 4.69) is 53.2 Å². The van der Waals surface area contributed by atoms with Crippen molar-refractivity contribution in [2.45, 2.75) is 25.3 Å². The monoisotopic (exact) mass is 297 g/mol. The number of hydrogen-bond acceptors (Lipinski definition) is 3. The minimum atomic E-state index is 0.426. The normalized spacial score (nSPS) is 26.0. The molecule has 3 heteroatoms. The van der Waals surface area contributed by atoms with E-state index in [0.717, 1.165) is 12.2 Å². The largest absolute Gasteiger partial charge is 0.494 e. The maximum atomic E-state index is 5.67. The molecule has 0 spiro atoms. The maximum absolute atomic E-state index is 5.67. The average molecular weight is 297 g/mol. The maximum Gasteiger partial charge on any atom is 0.119 e. The first-order valence-corrected chi connectivity index (χ1v) is 8.48. The molecular weight excluding hydrogens is 278 g/mol. The summed E-state index contributed by atoms with van der Waals surface area (Å²) < 4.78 is 5.67. The zero-order valence-corrected chi connectivity index (χ0v) is 12.9. The number of rotatable bonds is 3. The molecule has 1 aliphatic heterocycles. The van der Waals surface area contributed by atoms with Crippen LogP contribution in [0.1, 0.15) is 35.7 Å². The van der Waals surface area contributed by atoms with E-state index in [0.29, 0.717) is 24.5 Å². The lowest BCUT2D eigenvalue weighted by Gasteiger charge is -2.37. The van der Waals surface area contributed by atoms with E-state index < -0.39 is 0 Å². The molecule has 2 nitrogen and oxygen atoms in total. The highest BCUT2D eigenvalue weighted by atomic mass is 32.1. The van der Waals surface area contributed by atoms with E-state index in [4.69, 9.17) is 4.74 Å². The van der Waals surface area contributed by atoms with Crippen LogP contribution in [0.3, 0.4) is 0 Å². The molecule has 1 N–H and O–H groups in total. The Morgan fingerprint density at radius 2 is 2.29 bits per heavy atom. The minimum Gasteiger partial charge on any atom is -0.494 e. The van der Waals surface area contributed by atoms with Gasteiger partial charge in [0.05, 0.1) is 12.6 Å². The number of hydrogen-bond donors (Lipinski definition) is 1. The summed E-state index contributed by atoms with van der Waals surface area (Å²) in [5, 5.41) is 5.92. The fourth-order valence-electron chi connectivity index (χ4n) is 3.58. The molecule has 4 rings (SSSR count). The smallest absolute Gasteiger partial charge is 0.119 e. The second-order valence-electron chi connectivity index (χ2n) is 5.67. The van der Waals surface area contributed by atoms with Crippen molar-refractivity contribution in [1.82, 2.24) is 0 Å². The van der Waals surface area contributed by atoms with E-state index >= 15 is 0 Å². The highest BCUT2D eigenvalue weighted by Crippen LogP contribution is 2.51. The summed E-state index contributed by atoms with van der Waals surface area (Å²) in [4.78, 5) is 1.44. The van der Waals surface area contributed by atoms with E-state index in [1.165, 1.54) is 16.1 Å². The molecule has 0 amide bonds. The Bertz CT molecular complexity index is 662. The second-order valence-corrected chi connectivity index (χ2v) is 6.65. The molecule has 3 atom stereocenters. The molecular formula is C18H19NOS. The van der Waals surface area contributed by atoms with Gasteiger partial charge in [-0.05, 0) is 54.5 Å². The van der Waals surface area contributed by atoms with Gasteiger partial charge >= 0.3 is 0 Å². The van der Waals surface area contributed by atoms with Crippen molar-refractivity contribution < 1.29 is 4.74 Å². The summed E-state index contributed by atoms with van der Waals surface area (Å²) in [7, 11) is 0. The summed E-state index contributed by atoms with van der Waals surface area (Å²) >= 11 is 1.85. The first-order valence-electron chi connectivity index (χ1n) is 7.60. The third kappa shape index (κ3) is 2.16. The third-order valence-electron chi connectivity index (χ3n) is 4.49. The van der Waals surface area contributed by atoms with Crippen molar-refractivity contribution in [2.75, 3.05) is 11.9 Å². The number of nitrogens with one attached hydrogen (secondary N) is 1. The Morgan fingerprint density at radius 1 is 1.33 bits per heavy atom. The Labute approximate surface area is 129 Å². The lowest BCUT2D eigenvalue weighted by Crippen LogP contribution is -2.28. The van der Waals surface area contributed by atoms with Gasteiger partial charge in [-0.25, -0.2) is 0 Å². The van der Waals surface area contributed by atoms with E-state index in [1.807, 2.05) is 18.3 Å². The van der Waals surface area contributed by atoms with Crippen molar-refractivity contribution in [1.29, 1.82) is 0 Å². The first kappa shape index (κ1) is 13.0. The number of benzene rings is 1. The lowest BCUT2D eigenvalue weighted by atomic mass is 9.79. The van der Waals surface area contributed by atoms with Gasteiger partial charge in [-0.3, -0.25) is 0 Å². The van der Waals surface area contributed by atoms with Gasteiger partial charge in [0.25, 0.3) is 0 Å². The highest BCUT2D eigenvalue weighted by Gasteiger charge is 2.38. The zero-order valence-electron chi connectivity index (χ0n) is 12.1. The fourth-order valence-corrected chi connectivity index (χ4v) is 4.43. The predicted molar refractivity (Wildman–Crippen MR) is 88.3 cm³/mol. The topological polar surface area (TPSA) is 21.3 Å². The molecule has 108 valence electrons. The summed E-state index contributed by atoms with van der Waals surface area (Å²) in [5.74, 6) is 2.11. The van der Waals surface area contributed by atoms with Gasteiger partial charge in [-0.1, -0.05) is 18.2 Å². The number of thiophene rings is 1. The van der Waals surface area contributed by atoms with Crippen LogP contribution >= 0.6 is 11.3 Å². The van der Waals surface area contributed by atoms with Crippen molar-refractivity contribution >= 4 is 17.0 Å². The van der Waals surface area contributed by atoms with E-state index in [9.17, 15) is 0 Å². The van der Waals surface area contributed by atoms with Crippen LogP contribution in [0.5, 0.6) is 5.75 Å². The second kappa shape index (κ2) is 5.23.